The van der Waals surface area contributed by atoms with Crippen LogP contribution in [0, 0.1) is 0 Å². The number of hydrogen-bond acceptors (Lipinski definition) is 15. The SMILES string of the molecule is COCCNC(=O)CCOCC(COCC(=O)NCCOC)NC(=O)c1cc(S)cc(C(=O)NC(COCCC(=O)NCCOI)COCCC(=O)NCCOI)c1. The molecular weight excluding hydrogens is 1010 g/mol. The minimum absolute atomic E-state index is 0.0239. The Balaban J connectivity index is 2.97. The molecule has 0 bridgehead atoms. The topological polar surface area (TPSA) is 248 Å². The highest BCUT2D eigenvalue weighted by molar-refractivity contribution is 14.1. The maximum atomic E-state index is 13.5. The number of carbonyl (C=O) groups excluding carboxylic acids is 6. The predicted molar refractivity (Wildman–Crippen MR) is 229 cm³/mol. The molecule has 58 heavy (non-hydrogen) atoms. The standard InChI is InChI=1S/C35H56I2N6O14S/c1-50-13-6-38-30(44)3-10-54-22-28(23-55-24-33(47)41-7-14-51-2)43-35(49)26-17-25(18-29(58)19-26)34(48)42-27(20-52-11-4-31(45)39-8-15-56-36)21-53-12-5-32(46)40-9-16-57-37/h17-19,27-28,58H,3-16,20-24H2,1-2H3,(H,38,44)(H,39,45)(H,40,46)(H,41,47)(H,42,48)(H,43,49). The van der Waals surface area contributed by atoms with Crippen molar-refractivity contribution in [3.05, 3.63) is 29.3 Å². The third-order valence-corrected chi connectivity index (χ3v) is 8.44. The Morgan fingerprint density at radius 2 is 0.897 bits per heavy atom. The zero-order valence-electron chi connectivity index (χ0n) is 32.7. The highest BCUT2D eigenvalue weighted by atomic mass is 127. The molecule has 0 saturated carbocycles. The Labute approximate surface area is 372 Å². The second kappa shape index (κ2) is 35.3. The van der Waals surface area contributed by atoms with Gasteiger partial charge in [-0.3, -0.25) is 28.8 Å². The Kier molecular flexibility index (Phi) is 32.6. The number of rotatable bonds is 35. The van der Waals surface area contributed by atoms with E-state index < -0.39 is 23.9 Å². The smallest absolute Gasteiger partial charge is 0.251 e. The number of methoxy groups -OCH3 is 2. The molecule has 0 aliphatic carbocycles. The molecule has 6 amide bonds. The van der Waals surface area contributed by atoms with Crippen LogP contribution >= 0.6 is 58.6 Å². The van der Waals surface area contributed by atoms with Crippen LogP contribution in [0.3, 0.4) is 0 Å². The minimum Gasteiger partial charge on any atom is -0.383 e. The zero-order valence-corrected chi connectivity index (χ0v) is 37.9. The first-order chi connectivity index (χ1) is 28.0. The zero-order chi connectivity index (χ0) is 42.8. The summed E-state index contributed by atoms with van der Waals surface area (Å²) < 4.78 is 42.2. The number of amides is 6. The van der Waals surface area contributed by atoms with Crippen molar-refractivity contribution in [1.29, 1.82) is 0 Å². The van der Waals surface area contributed by atoms with Crippen molar-refractivity contribution in [3.8, 4) is 0 Å². The van der Waals surface area contributed by atoms with E-state index in [1.807, 2.05) is 0 Å². The first-order valence-electron chi connectivity index (χ1n) is 18.3. The summed E-state index contributed by atoms with van der Waals surface area (Å²) in [5.41, 5.74) is 0.201. The van der Waals surface area contributed by atoms with Gasteiger partial charge in [-0.05, 0) is 18.2 Å². The van der Waals surface area contributed by atoms with Crippen LogP contribution in [-0.2, 0) is 53.7 Å². The summed E-state index contributed by atoms with van der Waals surface area (Å²) in [5, 5.41) is 16.3. The fraction of sp³-hybridized carbons (Fsp3) is 0.657. The van der Waals surface area contributed by atoms with Crippen molar-refractivity contribution in [3.63, 3.8) is 0 Å². The summed E-state index contributed by atoms with van der Waals surface area (Å²) in [6, 6.07) is 2.87. The number of benzene rings is 1. The summed E-state index contributed by atoms with van der Waals surface area (Å²) in [7, 11) is 3.04. The van der Waals surface area contributed by atoms with Crippen molar-refractivity contribution < 1.29 is 63.3 Å². The molecule has 1 rings (SSSR count). The van der Waals surface area contributed by atoms with E-state index in [0.29, 0.717) is 57.5 Å². The van der Waals surface area contributed by atoms with E-state index in [-0.39, 0.29) is 107 Å². The molecule has 330 valence electrons. The molecule has 0 spiro atoms. The molecule has 1 atom stereocenters. The molecular formula is C35H56I2N6O14S. The van der Waals surface area contributed by atoms with E-state index in [0.717, 1.165) is 0 Å². The van der Waals surface area contributed by atoms with Gasteiger partial charge < -0.3 is 66.5 Å². The fourth-order valence-electron chi connectivity index (χ4n) is 4.50. The lowest BCUT2D eigenvalue weighted by Crippen LogP contribution is -2.43. The maximum absolute atomic E-state index is 13.5. The first-order valence-corrected chi connectivity index (χ1v) is 20.5. The second-order valence-corrected chi connectivity index (χ2v) is 13.9. The van der Waals surface area contributed by atoms with Crippen LogP contribution in [0.2, 0.25) is 0 Å². The molecule has 6 N–H and O–H groups in total. The van der Waals surface area contributed by atoms with Gasteiger partial charge in [-0.1, -0.05) is 0 Å². The maximum Gasteiger partial charge on any atom is 0.251 e. The molecule has 0 saturated heterocycles. The number of nitrogens with one attached hydrogen (secondary N) is 6. The van der Waals surface area contributed by atoms with Crippen LogP contribution in [0.25, 0.3) is 0 Å². The molecule has 0 heterocycles. The Hall–Kier alpha value is -2.47. The quantitative estimate of drug-likeness (QED) is 0.0267. The van der Waals surface area contributed by atoms with E-state index in [2.05, 4.69) is 44.5 Å². The number of halogens is 2. The molecule has 0 aliphatic heterocycles. The van der Waals surface area contributed by atoms with Crippen molar-refractivity contribution in [1.82, 2.24) is 31.9 Å². The number of ether oxygens (including phenoxy) is 6. The van der Waals surface area contributed by atoms with Crippen molar-refractivity contribution in [2.45, 2.75) is 36.2 Å². The van der Waals surface area contributed by atoms with Crippen molar-refractivity contribution in [2.75, 3.05) is 120 Å². The Morgan fingerprint density at radius 1 is 0.534 bits per heavy atom. The summed E-state index contributed by atoms with van der Waals surface area (Å²) >= 11 is 7.88. The molecule has 1 unspecified atom stereocenters. The van der Waals surface area contributed by atoms with Gasteiger partial charge in [0.25, 0.3) is 11.8 Å². The predicted octanol–water partition coefficient (Wildman–Crippen LogP) is -0.100. The molecule has 1 aromatic rings. The third kappa shape index (κ3) is 28.1. The van der Waals surface area contributed by atoms with Crippen LogP contribution in [0.15, 0.2) is 23.1 Å². The number of carbonyl (C=O) groups is 6. The highest BCUT2D eigenvalue weighted by Crippen LogP contribution is 2.15. The van der Waals surface area contributed by atoms with Gasteiger partial charge >= 0.3 is 0 Å². The second-order valence-electron chi connectivity index (χ2n) is 12.1. The van der Waals surface area contributed by atoms with E-state index in [4.69, 9.17) is 34.6 Å². The number of thiol groups is 1. The van der Waals surface area contributed by atoms with Crippen molar-refractivity contribution >= 4 is 94.1 Å². The van der Waals surface area contributed by atoms with E-state index in [9.17, 15) is 28.8 Å². The van der Waals surface area contributed by atoms with Crippen LogP contribution in [0.1, 0.15) is 40.0 Å². The van der Waals surface area contributed by atoms with Gasteiger partial charge in [0.15, 0.2) is 0 Å². The fourth-order valence-corrected chi connectivity index (χ4v) is 5.22. The normalized spacial score (nSPS) is 11.5. The third-order valence-electron chi connectivity index (χ3n) is 7.30. The van der Waals surface area contributed by atoms with Crippen LogP contribution in [-0.4, -0.2) is 167 Å². The summed E-state index contributed by atoms with van der Waals surface area (Å²) in [6.07, 6.45) is 0.220. The summed E-state index contributed by atoms with van der Waals surface area (Å²) in [6.45, 7) is 2.45. The summed E-state index contributed by atoms with van der Waals surface area (Å²) in [5.74, 6) is -2.23. The lowest BCUT2D eigenvalue weighted by molar-refractivity contribution is -0.126. The van der Waals surface area contributed by atoms with Gasteiger partial charge in [0.05, 0.1) is 84.8 Å². The molecule has 0 aliphatic rings. The lowest BCUT2D eigenvalue weighted by atomic mass is 10.1. The van der Waals surface area contributed by atoms with Gasteiger partial charge in [-0.2, -0.15) is 0 Å². The largest absolute Gasteiger partial charge is 0.383 e. The van der Waals surface area contributed by atoms with E-state index in [1.165, 1.54) is 32.4 Å². The van der Waals surface area contributed by atoms with Crippen LogP contribution < -0.4 is 31.9 Å². The first kappa shape index (κ1) is 53.5. The average molecular weight is 1070 g/mol. The van der Waals surface area contributed by atoms with E-state index >= 15 is 0 Å². The van der Waals surface area contributed by atoms with E-state index in [1.54, 1.807) is 46.0 Å². The Morgan fingerprint density at radius 3 is 1.28 bits per heavy atom. The van der Waals surface area contributed by atoms with Crippen molar-refractivity contribution in [2.24, 2.45) is 0 Å². The lowest BCUT2D eigenvalue weighted by Gasteiger charge is -2.20. The molecule has 1 aromatic carbocycles. The average Bonchev–Trinajstić information content (AvgIpc) is 3.19. The Bertz CT molecular complexity index is 1340. The van der Waals surface area contributed by atoms with Gasteiger partial charge in [-0.25, -0.2) is 0 Å². The summed E-state index contributed by atoms with van der Waals surface area (Å²) in [4.78, 5) is 75.6. The molecule has 0 aromatic heterocycles. The van der Waals surface area contributed by atoms with Crippen LogP contribution in [0.4, 0.5) is 0 Å². The van der Waals surface area contributed by atoms with Crippen LogP contribution in [0.5, 0.6) is 0 Å². The molecule has 0 fully saturated rings. The molecule has 20 nitrogen and oxygen atoms in total. The monoisotopic (exact) mass is 1070 g/mol. The van der Waals surface area contributed by atoms with Gasteiger partial charge in [0.2, 0.25) is 23.6 Å². The minimum atomic E-state index is -0.751. The highest BCUT2D eigenvalue weighted by Gasteiger charge is 2.20. The van der Waals surface area contributed by atoms with Gasteiger partial charge in [0.1, 0.15) is 52.6 Å². The van der Waals surface area contributed by atoms with Gasteiger partial charge in [-0.15, -0.1) is 12.6 Å². The molecule has 23 heteroatoms. The van der Waals surface area contributed by atoms with Gasteiger partial charge in [0, 0.05) is 75.7 Å². The molecule has 0 radical (unpaired) electrons. The number of hydrogen-bond donors (Lipinski definition) is 7.